The van der Waals surface area contributed by atoms with Gasteiger partial charge in [-0.3, -0.25) is 4.79 Å². The molecule has 0 spiro atoms. The summed E-state index contributed by atoms with van der Waals surface area (Å²) in [7, 11) is 0. The molecule has 0 aliphatic heterocycles. The van der Waals surface area contributed by atoms with Crippen LogP contribution in [0.15, 0.2) is 24.3 Å². The number of benzene rings is 1. The van der Waals surface area contributed by atoms with Crippen LogP contribution in [0.3, 0.4) is 0 Å². The van der Waals surface area contributed by atoms with Gasteiger partial charge < -0.3 is 9.64 Å². The van der Waals surface area contributed by atoms with Crippen LogP contribution < -0.4 is 4.74 Å². The maximum Gasteiger partial charge on any atom is 0.153 e. The molecule has 1 rings (SSSR count). The highest BCUT2D eigenvalue weighted by Crippen LogP contribution is 2.15. The topological polar surface area (TPSA) is 29.5 Å². The standard InChI is InChI=1S/C15H23NO2/c1-3-16(4-2)11-7-8-12-18-15-10-6-5-9-14(15)13-17/h5-6,9-10,13H,3-4,7-8,11-12H2,1-2H3. The molecule has 18 heavy (non-hydrogen) atoms. The van der Waals surface area contributed by atoms with Crippen LogP contribution in [0.4, 0.5) is 0 Å². The van der Waals surface area contributed by atoms with Crippen molar-refractivity contribution < 1.29 is 9.53 Å². The molecule has 3 heteroatoms. The van der Waals surface area contributed by atoms with Crippen LogP contribution in [-0.2, 0) is 0 Å². The lowest BCUT2D eigenvalue weighted by molar-refractivity contribution is 0.111. The number of nitrogens with zero attached hydrogens (tertiary/aromatic N) is 1. The highest BCUT2D eigenvalue weighted by atomic mass is 16.5. The minimum atomic E-state index is 0.626. The molecule has 100 valence electrons. The van der Waals surface area contributed by atoms with E-state index in [1.165, 1.54) is 0 Å². The van der Waals surface area contributed by atoms with Gasteiger partial charge in [0.15, 0.2) is 6.29 Å². The van der Waals surface area contributed by atoms with Crippen LogP contribution in [0.1, 0.15) is 37.0 Å². The van der Waals surface area contributed by atoms with E-state index in [1.807, 2.05) is 18.2 Å². The van der Waals surface area contributed by atoms with Crippen molar-refractivity contribution >= 4 is 6.29 Å². The normalized spacial score (nSPS) is 10.6. The molecule has 0 aliphatic carbocycles. The second-order valence-electron chi connectivity index (χ2n) is 4.24. The fourth-order valence-electron chi connectivity index (χ4n) is 1.87. The lowest BCUT2D eigenvalue weighted by atomic mass is 10.2. The fraction of sp³-hybridized carbons (Fsp3) is 0.533. The van der Waals surface area contributed by atoms with Crippen molar-refractivity contribution in [2.24, 2.45) is 0 Å². The molecule has 0 amide bonds. The van der Waals surface area contributed by atoms with Gasteiger partial charge in [0.2, 0.25) is 0 Å². The molecule has 0 aromatic heterocycles. The minimum absolute atomic E-state index is 0.626. The smallest absolute Gasteiger partial charge is 0.153 e. The second kappa shape index (κ2) is 8.70. The van der Waals surface area contributed by atoms with Crippen LogP contribution in [-0.4, -0.2) is 37.4 Å². The van der Waals surface area contributed by atoms with Crippen molar-refractivity contribution in [1.82, 2.24) is 4.90 Å². The molecule has 0 aliphatic rings. The summed E-state index contributed by atoms with van der Waals surface area (Å²) >= 11 is 0. The Kier molecular flexibility index (Phi) is 7.11. The Labute approximate surface area is 110 Å². The van der Waals surface area contributed by atoms with E-state index >= 15 is 0 Å². The molecule has 0 unspecified atom stereocenters. The first kappa shape index (κ1) is 14.7. The maximum absolute atomic E-state index is 10.8. The first-order chi connectivity index (χ1) is 8.81. The molecule has 1 aromatic rings. The van der Waals surface area contributed by atoms with Gasteiger partial charge in [0.25, 0.3) is 0 Å². The van der Waals surface area contributed by atoms with E-state index in [-0.39, 0.29) is 0 Å². The molecule has 0 bridgehead atoms. The van der Waals surface area contributed by atoms with E-state index in [0.29, 0.717) is 17.9 Å². The average molecular weight is 249 g/mol. The number of ether oxygens (including phenoxy) is 1. The summed E-state index contributed by atoms with van der Waals surface area (Å²) in [4.78, 5) is 13.2. The number of rotatable bonds is 9. The summed E-state index contributed by atoms with van der Waals surface area (Å²) in [5.41, 5.74) is 0.626. The van der Waals surface area contributed by atoms with E-state index < -0.39 is 0 Å². The van der Waals surface area contributed by atoms with Gasteiger partial charge in [0.05, 0.1) is 12.2 Å². The molecule has 1 aromatic carbocycles. The summed E-state index contributed by atoms with van der Waals surface area (Å²) in [5, 5.41) is 0. The zero-order valence-corrected chi connectivity index (χ0v) is 11.4. The van der Waals surface area contributed by atoms with Crippen molar-refractivity contribution in [3.8, 4) is 5.75 Å². The van der Waals surface area contributed by atoms with Crippen molar-refractivity contribution in [1.29, 1.82) is 0 Å². The van der Waals surface area contributed by atoms with Gasteiger partial charge in [-0.25, -0.2) is 0 Å². The predicted octanol–water partition coefficient (Wildman–Crippen LogP) is 3.00. The molecular formula is C15H23NO2. The van der Waals surface area contributed by atoms with Gasteiger partial charge in [-0.1, -0.05) is 26.0 Å². The van der Waals surface area contributed by atoms with Crippen LogP contribution in [0.5, 0.6) is 5.75 Å². The molecular weight excluding hydrogens is 226 g/mol. The van der Waals surface area contributed by atoms with Crippen molar-refractivity contribution in [3.05, 3.63) is 29.8 Å². The number of unbranched alkanes of at least 4 members (excludes halogenated alkanes) is 1. The Morgan fingerprint density at radius 2 is 1.89 bits per heavy atom. The van der Waals surface area contributed by atoms with Crippen LogP contribution in [0.2, 0.25) is 0 Å². The molecule has 3 nitrogen and oxygen atoms in total. The van der Waals surface area contributed by atoms with E-state index in [2.05, 4.69) is 18.7 Å². The monoisotopic (exact) mass is 249 g/mol. The summed E-state index contributed by atoms with van der Waals surface area (Å²) in [6, 6.07) is 7.35. The third-order valence-electron chi connectivity index (χ3n) is 3.07. The zero-order chi connectivity index (χ0) is 13.2. The van der Waals surface area contributed by atoms with Crippen LogP contribution in [0.25, 0.3) is 0 Å². The molecule has 0 saturated heterocycles. The van der Waals surface area contributed by atoms with Gasteiger partial charge in [-0.05, 0) is 44.6 Å². The summed E-state index contributed by atoms with van der Waals surface area (Å²) < 4.78 is 5.63. The average Bonchev–Trinajstić information content (AvgIpc) is 2.43. The predicted molar refractivity (Wildman–Crippen MR) is 74.3 cm³/mol. The van der Waals surface area contributed by atoms with Gasteiger partial charge >= 0.3 is 0 Å². The maximum atomic E-state index is 10.8. The number of aldehydes is 1. The number of hydrogen-bond acceptors (Lipinski definition) is 3. The van der Waals surface area contributed by atoms with Gasteiger partial charge in [0, 0.05) is 0 Å². The molecule has 0 fully saturated rings. The Hall–Kier alpha value is -1.35. The molecule has 0 saturated carbocycles. The van der Waals surface area contributed by atoms with Gasteiger partial charge in [0.1, 0.15) is 5.75 Å². The number of para-hydroxylation sites is 1. The lowest BCUT2D eigenvalue weighted by Crippen LogP contribution is -2.24. The third kappa shape index (κ3) is 4.88. The van der Waals surface area contributed by atoms with Crippen molar-refractivity contribution in [2.45, 2.75) is 26.7 Å². The lowest BCUT2D eigenvalue weighted by Gasteiger charge is -2.17. The first-order valence-corrected chi connectivity index (χ1v) is 6.71. The Morgan fingerprint density at radius 3 is 2.56 bits per heavy atom. The third-order valence-corrected chi connectivity index (χ3v) is 3.07. The van der Waals surface area contributed by atoms with Crippen LogP contribution in [0, 0.1) is 0 Å². The molecule has 0 N–H and O–H groups in total. The molecule has 0 heterocycles. The molecule has 0 atom stereocenters. The largest absolute Gasteiger partial charge is 0.493 e. The second-order valence-corrected chi connectivity index (χ2v) is 4.24. The Balaban J connectivity index is 2.23. The SMILES string of the molecule is CCN(CC)CCCCOc1ccccc1C=O. The quantitative estimate of drug-likeness (QED) is 0.498. The number of hydrogen-bond donors (Lipinski definition) is 0. The minimum Gasteiger partial charge on any atom is -0.493 e. The van der Waals surface area contributed by atoms with Crippen molar-refractivity contribution in [2.75, 3.05) is 26.2 Å². The van der Waals surface area contributed by atoms with Gasteiger partial charge in [-0.15, -0.1) is 0 Å². The summed E-state index contributed by atoms with van der Waals surface area (Å²) in [6.07, 6.45) is 2.99. The van der Waals surface area contributed by atoms with E-state index in [9.17, 15) is 4.79 Å². The molecule has 0 radical (unpaired) electrons. The number of carbonyl (C=O) groups is 1. The van der Waals surface area contributed by atoms with E-state index in [1.54, 1.807) is 6.07 Å². The zero-order valence-electron chi connectivity index (χ0n) is 11.4. The first-order valence-electron chi connectivity index (χ1n) is 6.71. The Morgan fingerprint density at radius 1 is 1.17 bits per heavy atom. The highest BCUT2D eigenvalue weighted by molar-refractivity contribution is 5.79. The van der Waals surface area contributed by atoms with Crippen LogP contribution >= 0.6 is 0 Å². The van der Waals surface area contributed by atoms with E-state index in [4.69, 9.17) is 4.74 Å². The fourth-order valence-corrected chi connectivity index (χ4v) is 1.87. The summed E-state index contributed by atoms with van der Waals surface area (Å²) in [5.74, 6) is 0.690. The number of carbonyl (C=O) groups excluding carboxylic acids is 1. The summed E-state index contributed by atoms with van der Waals surface area (Å²) in [6.45, 7) is 8.36. The van der Waals surface area contributed by atoms with E-state index in [0.717, 1.165) is 38.8 Å². The van der Waals surface area contributed by atoms with Crippen molar-refractivity contribution in [3.63, 3.8) is 0 Å². The van der Waals surface area contributed by atoms with Gasteiger partial charge in [-0.2, -0.15) is 0 Å². The highest BCUT2D eigenvalue weighted by Gasteiger charge is 2.02. The Bertz CT molecular complexity index is 348.